The summed E-state index contributed by atoms with van der Waals surface area (Å²) in [5.74, 6) is 0.808. The van der Waals surface area contributed by atoms with Crippen LogP contribution in [-0.2, 0) is 4.74 Å². The lowest BCUT2D eigenvalue weighted by Gasteiger charge is -2.27. The molecule has 1 aromatic carbocycles. The molecule has 0 bridgehead atoms. The van der Waals surface area contributed by atoms with Crippen LogP contribution in [0.1, 0.15) is 15.9 Å². The molecule has 1 saturated heterocycles. The third kappa shape index (κ3) is 3.56. The van der Waals surface area contributed by atoms with E-state index in [1.807, 2.05) is 24.3 Å². The Bertz CT molecular complexity index is 680. The van der Waals surface area contributed by atoms with Gasteiger partial charge in [0.15, 0.2) is 5.78 Å². The molecule has 4 nitrogen and oxygen atoms in total. The van der Waals surface area contributed by atoms with Crippen LogP contribution in [0.4, 0.5) is 5.82 Å². The van der Waals surface area contributed by atoms with Gasteiger partial charge in [-0.05, 0) is 30.3 Å². The minimum Gasteiger partial charge on any atom is -0.378 e. The number of ketones is 1. The largest absolute Gasteiger partial charge is 0.378 e. The van der Waals surface area contributed by atoms with E-state index in [1.165, 1.54) is 0 Å². The predicted octanol–water partition coefficient (Wildman–Crippen LogP) is 3.67. The first kappa shape index (κ1) is 15.6. The van der Waals surface area contributed by atoms with Gasteiger partial charge in [0, 0.05) is 39.4 Å². The fourth-order valence-electron chi connectivity index (χ4n) is 2.38. The summed E-state index contributed by atoms with van der Waals surface area (Å²) in [6.07, 6.45) is 1.69. The molecule has 0 saturated carbocycles. The lowest BCUT2D eigenvalue weighted by atomic mass is 10.0. The van der Waals surface area contributed by atoms with Crippen molar-refractivity contribution >= 4 is 43.5 Å². The quantitative estimate of drug-likeness (QED) is 0.703. The Morgan fingerprint density at radius 2 is 1.73 bits per heavy atom. The fraction of sp³-hybridized carbons (Fsp3) is 0.250. The van der Waals surface area contributed by atoms with Crippen LogP contribution in [0.15, 0.2) is 45.5 Å². The van der Waals surface area contributed by atoms with Gasteiger partial charge in [-0.25, -0.2) is 4.98 Å². The van der Waals surface area contributed by atoms with Crippen molar-refractivity contribution in [3.8, 4) is 0 Å². The summed E-state index contributed by atoms with van der Waals surface area (Å²) < 4.78 is 7.08. The highest BCUT2D eigenvalue weighted by Gasteiger charge is 2.16. The van der Waals surface area contributed by atoms with Gasteiger partial charge in [0.25, 0.3) is 0 Å². The molecule has 114 valence electrons. The molecule has 1 aromatic heterocycles. The van der Waals surface area contributed by atoms with E-state index in [0.717, 1.165) is 27.9 Å². The van der Waals surface area contributed by atoms with Crippen molar-refractivity contribution in [3.63, 3.8) is 0 Å². The lowest BCUT2D eigenvalue weighted by Crippen LogP contribution is -2.36. The number of carbonyl (C=O) groups is 1. The van der Waals surface area contributed by atoms with E-state index in [0.29, 0.717) is 24.3 Å². The van der Waals surface area contributed by atoms with Crippen molar-refractivity contribution < 1.29 is 9.53 Å². The molecule has 0 atom stereocenters. The molecule has 0 N–H and O–H groups in total. The summed E-state index contributed by atoms with van der Waals surface area (Å²) in [4.78, 5) is 19.2. The zero-order chi connectivity index (χ0) is 15.5. The number of ether oxygens (including phenoxy) is 1. The van der Waals surface area contributed by atoms with Crippen LogP contribution in [-0.4, -0.2) is 37.1 Å². The number of rotatable bonds is 3. The number of pyridine rings is 1. The molecular formula is C16H14Br2N2O2. The number of hydrogen-bond acceptors (Lipinski definition) is 4. The van der Waals surface area contributed by atoms with Crippen molar-refractivity contribution in [2.45, 2.75) is 0 Å². The molecule has 3 rings (SSSR count). The van der Waals surface area contributed by atoms with E-state index in [-0.39, 0.29) is 5.78 Å². The van der Waals surface area contributed by atoms with E-state index >= 15 is 0 Å². The summed E-state index contributed by atoms with van der Waals surface area (Å²) in [5, 5.41) is 0. The van der Waals surface area contributed by atoms with E-state index in [9.17, 15) is 4.79 Å². The van der Waals surface area contributed by atoms with Crippen LogP contribution in [0.5, 0.6) is 0 Å². The predicted molar refractivity (Wildman–Crippen MR) is 92.5 cm³/mol. The highest BCUT2D eigenvalue weighted by molar-refractivity contribution is 9.11. The standard InChI is InChI=1S/C16H14Br2N2O2/c17-13-7-12(8-14(18)10-13)16(21)11-1-2-19-15(9-11)20-3-5-22-6-4-20/h1-2,7-10H,3-6H2. The van der Waals surface area contributed by atoms with Crippen molar-refractivity contribution in [2.75, 3.05) is 31.2 Å². The molecule has 1 fully saturated rings. The highest BCUT2D eigenvalue weighted by atomic mass is 79.9. The number of morpholine rings is 1. The third-order valence-electron chi connectivity index (χ3n) is 3.47. The van der Waals surface area contributed by atoms with Gasteiger partial charge in [-0.3, -0.25) is 4.79 Å². The topological polar surface area (TPSA) is 42.4 Å². The van der Waals surface area contributed by atoms with Crippen molar-refractivity contribution in [2.24, 2.45) is 0 Å². The molecule has 0 spiro atoms. The molecule has 1 aliphatic heterocycles. The van der Waals surface area contributed by atoms with Crippen molar-refractivity contribution in [3.05, 3.63) is 56.6 Å². The average molecular weight is 426 g/mol. The van der Waals surface area contributed by atoms with Crippen LogP contribution in [0.3, 0.4) is 0 Å². The van der Waals surface area contributed by atoms with Gasteiger partial charge in [0.2, 0.25) is 0 Å². The first-order valence-corrected chi connectivity index (χ1v) is 8.51. The van der Waals surface area contributed by atoms with Gasteiger partial charge in [-0.15, -0.1) is 0 Å². The van der Waals surface area contributed by atoms with Crippen molar-refractivity contribution in [1.29, 1.82) is 0 Å². The Morgan fingerprint density at radius 1 is 1.05 bits per heavy atom. The molecule has 0 unspecified atom stereocenters. The van der Waals surface area contributed by atoms with Crippen LogP contribution in [0.2, 0.25) is 0 Å². The van der Waals surface area contributed by atoms with E-state index < -0.39 is 0 Å². The second kappa shape index (κ2) is 6.89. The smallest absolute Gasteiger partial charge is 0.193 e. The van der Waals surface area contributed by atoms with Crippen LogP contribution < -0.4 is 4.90 Å². The number of benzene rings is 1. The van der Waals surface area contributed by atoms with E-state index in [1.54, 1.807) is 12.3 Å². The van der Waals surface area contributed by atoms with E-state index in [4.69, 9.17) is 4.74 Å². The summed E-state index contributed by atoms with van der Waals surface area (Å²) in [7, 11) is 0. The normalized spacial score (nSPS) is 14.9. The molecule has 22 heavy (non-hydrogen) atoms. The molecule has 2 aromatic rings. The first-order valence-electron chi connectivity index (χ1n) is 6.93. The second-order valence-corrected chi connectivity index (χ2v) is 6.82. The third-order valence-corrected chi connectivity index (χ3v) is 4.38. The Kier molecular flexibility index (Phi) is 4.90. The molecule has 6 heteroatoms. The molecular weight excluding hydrogens is 412 g/mol. The number of nitrogens with zero attached hydrogens (tertiary/aromatic N) is 2. The Morgan fingerprint density at radius 3 is 2.41 bits per heavy atom. The maximum Gasteiger partial charge on any atom is 0.193 e. The molecule has 0 aliphatic carbocycles. The van der Waals surface area contributed by atoms with Crippen LogP contribution in [0.25, 0.3) is 0 Å². The SMILES string of the molecule is O=C(c1cc(Br)cc(Br)c1)c1ccnc(N2CCOCC2)c1. The molecule has 0 amide bonds. The summed E-state index contributed by atoms with van der Waals surface area (Å²) in [5.41, 5.74) is 1.28. The Labute approximate surface area is 145 Å². The number of carbonyl (C=O) groups excluding carboxylic acids is 1. The Balaban J connectivity index is 1.89. The van der Waals surface area contributed by atoms with E-state index in [2.05, 4.69) is 41.7 Å². The first-order chi connectivity index (χ1) is 10.6. The zero-order valence-electron chi connectivity index (χ0n) is 11.8. The summed E-state index contributed by atoms with van der Waals surface area (Å²) >= 11 is 6.83. The summed E-state index contributed by atoms with van der Waals surface area (Å²) in [6, 6.07) is 9.15. The van der Waals surface area contributed by atoms with Gasteiger partial charge in [-0.1, -0.05) is 31.9 Å². The van der Waals surface area contributed by atoms with Crippen LogP contribution in [0, 0.1) is 0 Å². The number of halogens is 2. The van der Waals surface area contributed by atoms with Gasteiger partial charge < -0.3 is 9.64 Å². The molecule has 1 aliphatic rings. The molecule has 2 heterocycles. The van der Waals surface area contributed by atoms with Gasteiger partial charge in [0.1, 0.15) is 5.82 Å². The average Bonchev–Trinajstić information content (AvgIpc) is 2.54. The van der Waals surface area contributed by atoms with Gasteiger partial charge in [-0.2, -0.15) is 0 Å². The minimum absolute atomic E-state index is 0.0149. The maximum atomic E-state index is 12.7. The number of anilines is 1. The van der Waals surface area contributed by atoms with Crippen molar-refractivity contribution in [1.82, 2.24) is 4.98 Å². The monoisotopic (exact) mass is 424 g/mol. The number of aromatic nitrogens is 1. The van der Waals surface area contributed by atoms with Gasteiger partial charge in [0.05, 0.1) is 13.2 Å². The van der Waals surface area contributed by atoms with Crippen LogP contribution >= 0.6 is 31.9 Å². The fourth-order valence-corrected chi connectivity index (χ4v) is 3.67. The number of hydrogen-bond donors (Lipinski definition) is 0. The zero-order valence-corrected chi connectivity index (χ0v) is 14.9. The van der Waals surface area contributed by atoms with Gasteiger partial charge >= 0.3 is 0 Å². The minimum atomic E-state index is -0.0149. The lowest BCUT2D eigenvalue weighted by molar-refractivity contribution is 0.103. The Hall–Kier alpha value is -1.24. The maximum absolute atomic E-state index is 12.7. The second-order valence-electron chi connectivity index (χ2n) is 4.99. The highest BCUT2D eigenvalue weighted by Crippen LogP contribution is 2.23. The summed E-state index contributed by atoms with van der Waals surface area (Å²) in [6.45, 7) is 2.98. The molecule has 0 radical (unpaired) electrons.